The number of nitrogens with zero attached hydrogens (tertiary/aromatic N) is 1. The molecular formula is C25H22N2O6. The zero-order valence-corrected chi connectivity index (χ0v) is 17.9. The molecule has 0 saturated carbocycles. The van der Waals surface area contributed by atoms with Crippen molar-refractivity contribution in [3.63, 3.8) is 0 Å². The van der Waals surface area contributed by atoms with Crippen LogP contribution in [0.2, 0.25) is 0 Å². The minimum Gasteiger partial charge on any atom is -0.490 e. The molecule has 8 heteroatoms. The minimum atomic E-state index is -0.809. The van der Waals surface area contributed by atoms with Gasteiger partial charge in [-0.3, -0.25) is 4.79 Å². The van der Waals surface area contributed by atoms with Gasteiger partial charge in [0.15, 0.2) is 23.0 Å². The molecule has 0 fully saturated rings. The summed E-state index contributed by atoms with van der Waals surface area (Å²) in [6.07, 6.45) is 0.650. The average Bonchev–Trinajstić information content (AvgIpc) is 2.85. The van der Waals surface area contributed by atoms with Crippen molar-refractivity contribution in [1.82, 2.24) is 5.43 Å². The van der Waals surface area contributed by atoms with Crippen molar-refractivity contribution in [3.05, 3.63) is 83.9 Å². The molecule has 0 bridgehead atoms. The number of rotatable bonds is 7. The molecule has 0 radical (unpaired) electrons. The van der Waals surface area contributed by atoms with E-state index in [9.17, 15) is 9.59 Å². The van der Waals surface area contributed by atoms with Crippen LogP contribution in [0, 0.1) is 0 Å². The van der Waals surface area contributed by atoms with Crippen molar-refractivity contribution in [2.75, 3.05) is 13.2 Å². The van der Waals surface area contributed by atoms with Crippen LogP contribution in [0.3, 0.4) is 0 Å². The number of ether oxygens (including phenoxy) is 4. The van der Waals surface area contributed by atoms with Gasteiger partial charge in [0.05, 0.1) is 18.4 Å². The number of carbonyl (C=O) groups excluding carboxylic acids is 2. The number of hydrogen-bond donors (Lipinski definition) is 1. The van der Waals surface area contributed by atoms with Gasteiger partial charge in [-0.05, 0) is 55.0 Å². The van der Waals surface area contributed by atoms with Gasteiger partial charge in [0.25, 0.3) is 5.91 Å². The molecule has 168 valence electrons. The molecule has 1 unspecified atom stereocenters. The topological polar surface area (TPSA) is 95.5 Å². The molecule has 33 heavy (non-hydrogen) atoms. The summed E-state index contributed by atoms with van der Waals surface area (Å²) in [5.41, 5.74) is 3.53. The summed E-state index contributed by atoms with van der Waals surface area (Å²) in [7, 11) is 0. The number of hydrogen-bond acceptors (Lipinski definition) is 7. The van der Waals surface area contributed by atoms with E-state index in [2.05, 4.69) is 10.5 Å². The second-order valence-corrected chi connectivity index (χ2v) is 6.99. The van der Waals surface area contributed by atoms with Gasteiger partial charge < -0.3 is 18.9 Å². The Kier molecular flexibility index (Phi) is 6.84. The van der Waals surface area contributed by atoms with Crippen LogP contribution in [0.15, 0.2) is 77.9 Å². The van der Waals surface area contributed by atoms with Crippen LogP contribution in [0.25, 0.3) is 0 Å². The van der Waals surface area contributed by atoms with E-state index in [-0.39, 0.29) is 6.61 Å². The lowest BCUT2D eigenvalue weighted by Crippen LogP contribution is -2.42. The summed E-state index contributed by atoms with van der Waals surface area (Å²) < 4.78 is 22.3. The number of nitrogens with one attached hydrogen (secondary N) is 1. The third kappa shape index (κ3) is 5.48. The van der Waals surface area contributed by atoms with Crippen molar-refractivity contribution in [1.29, 1.82) is 0 Å². The summed E-state index contributed by atoms with van der Waals surface area (Å²) >= 11 is 0. The van der Waals surface area contributed by atoms with Crippen molar-refractivity contribution in [2.45, 2.75) is 13.0 Å². The number of benzene rings is 3. The van der Waals surface area contributed by atoms with E-state index >= 15 is 0 Å². The van der Waals surface area contributed by atoms with Crippen molar-refractivity contribution < 1.29 is 28.5 Å². The van der Waals surface area contributed by atoms with E-state index in [0.29, 0.717) is 40.7 Å². The van der Waals surface area contributed by atoms with Gasteiger partial charge in [-0.25, -0.2) is 10.2 Å². The Morgan fingerprint density at radius 2 is 1.79 bits per heavy atom. The summed E-state index contributed by atoms with van der Waals surface area (Å²) in [6.45, 7) is 2.30. The molecule has 1 amide bonds. The molecule has 0 saturated heterocycles. The smallest absolute Gasteiger partial charge is 0.343 e. The van der Waals surface area contributed by atoms with Crippen LogP contribution < -0.4 is 24.4 Å². The minimum absolute atomic E-state index is 0.0916. The number of para-hydroxylation sites is 2. The lowest BCUT2D eigenvalue weighted by atomic mass is 10.2. The van der Waals surface area contributed by atoms with Gasteiger partial charge in [0.2, 0.25) is 6.10 Å². The number of amides is 1. The SMILES string of the molecule is CCOc1cc(/C=N/NC(=O)C2COc3ccccc3O2)ccc1OC(=O)c1ccccc1. The van der Waals surface area contributed by atoms with Crippen LogP contribution in [0.1, 0.15) is 22.8 Å². The van der Waals surface area contributed by atoms with Gasteiger partial charge in [-0.2, -0.15) is 5.10 Å². The van der Waals surface area contributed by atoms with Crippen molar-refractivity contribution >= 4 is 18.1 Å². The fourth-order valence-electron chi connectivity index (χ4n) is 3.08. The highest BCUT2D eigenvalue weighted by Crippen LogP contribution is 2.31. The highest BCUT2D eigenvalue weighted by molar-refractivity contribution is 5.91. The summed E-state index contributed by atoms with van der Waals surface area (Å²) in [6, 6.07) is 20.8. The van der Waals surface area contributed by atoms with E-state index in [1.54, 1.807) is 60.7 Å². The van der Waals surface area contributed by atoms with Crippen LogP contribution >= 0.6 is 0 Å². The first-order valence-corrected chi connectivity index (χ1v) is 10.4. The Hall–Kier alpha value is -4.33. The molecule has 0 spiro atoms. The Balaban J connectivity index is 1.39. The molecule has 1 heterocycles. The van der Waals surface area contributed by atoms with Gasteiger partial charge in [0, 0.05) is 0 Å². The Labute approximate surface area is 190 Å². The normalized spacial score (nSPS) is 14.5. The number of fused-ring (bicyclic) bond motifs is 1. The summed E-state index contributed by atoms with van der Waals surface area (Å²) in [5, 5.41) is 3.99. The maximum absolute atomic E-state index is 12.4. The molecule has 0 aliphatic carbocycles. The third-order valence-electron chi connectivity index (χ3n) is 4.67. The number of hydrazone groups is 1. The van der Waals surface area contributed by atoms with Crippen LogP contribution in [0.5, 0.6) is 23.0 Å². The first kappa shape index (κ1) is 21.9. The molecule has 4 rings (SSSR count). The maximum Gasteiger partial charge on any atom is 0.343 e. The molecule has 1 aliphatic rings. The highest BCUT2D eigenvalue weighted by Gasteiger charge is 2.27. The van der Waals surface area contributed by atoms with Crippen molar-refractivity contribution in [2.24, 2.45) is 5.10 Å². The van der Waals surface area contributed by atoms with Gasteiger partial charge in [-0.15, -0.1) is 0 Å². The van der Waals surface area contributed by atoms with E-state index in [0.717, 1.165) is 0 Å². The molecule has 1 N–H and O–H groups in total. The maximum atomic E-state index is 12.4. The molecule has 3 aromatic rings. The third-order valence-corrected chi connectivity index (χ3v) is 4.67. The fourth-order valence-corrected chi connectivity index (χ4v) is 3.08. The zero-order chi connectivity index (χ0) is 23.0. The highest BCUT2D eigenvalue weighted by atomic mass is 16.6. The van der Waals surface area contributed by atoms with Crippen LogP contribution in [0.4, 0.5) is 0 Å². The average molecular weight is 446 g/mol. The molecule has 1 aliphatic heterocycles. The van der Waals surface area contributed by atoms with Gasteiger partial charge >= 0.3 is 5.97 Å². The van der Waals surface area contributed by atoms with E-state index in [4.69, 9.17) is 18.9 Å². The molecule has 0 aromatic heterocycles. The largest absolute Gasteiger partial charge is 0.490 e. The van der Waals surface area contributed by atoms with Crippen LogP contribution in [-0.4, -0.2) is 37.4 Å². The number of esters is 1. The Bertz CT molecular complexity index is 1160. The van der Waals surface area contributed by atoms with E-state index in [1.807, 2.05) is 19.1 Å². The van der Waals surface area contributed by atoms with Gasteiger partial charge in [-0.1, -0.05) is 30.3 Å². The van der Waals surface area contributed by atoms with Gasteiger partial charge in [0.1, 0.15) is 6.61 Å². The molecular weight excluding hydrogens is 424 g/mol. The molecule has 8 nitrogen and oxygen atoms in total. The van der Waals surface area contributed by atoms with Crippen LogP contribution in [-0.2, 0) is 4.79 Å². The first-order chi connectivity index (χ1) is 16.1. The predicted molar refractivity (Wildman–Crippen MR) is 121 cm³/mol. The number of carbonyl (C=O) groups is 2. The summed E-state index contributed by atoms with van der Waals surface area (Å²) in [5.74, 6) is 0.869. The summed E-state index contributed by atoms with van der Waals surface area (Å²) in [4.78, 5) is 24.7. The fraction of sp³-hybridized carbons (Fsp3) is 0.160. The standard InChI is InChI=1S/C25H22N2O6/c1-2-30-22-14-17(12-13-21(22)33-25(29)18-8-4-3-5-9-18)15-26-27-24(28)23-16-31-19-10-6-7-11-20(19)32-23/h3-15,23H,2,16H2,1H3,(H,27,28)/b26-15+. The predicted octanol–water partition coefficient (Wildman–Crippen LogP) is 3.59. The second kappa shape index (κ2) is 10.3. The zero-order valence-electron chi connectivity index (χ0n) is 17.9. The molecule has 1 atom stereocenters. The lowest BCUT2D eigenvalue weighted by molar-refractivity contribution is -0.130. The van der Waals surface area contributed by atoms with Crippen molar-refractivity contribution in [3.8, 4) is 23.0 Å². The first-order valence-electron chi connectivity index (χ1n) is 10.4. The molecule has 3 aromatic carbocycles. The Morgan fingerprint density at radius 1 is 1.03 bits per heavy atom. The second-order valence-electron chi connectivity index (χ2n) is 6.99. The monoisotopic (exact) mass is 446 g/mol. The Morgan fingerprint density at radius 3 is 2.58 bits per heavy atom. The lowest BCUT2D eigenvalue weighted by Gasteiger charge is -2.24. The van der Waals surface area contributed by atoms with E-state index < -0.39 is 18.0 Å². The van der Waals surface area contributed by atoms with E-state index in [1.165, 1.54) is 6.21 Å². The quantitative estimate of drug-likeness (QED) is 0.258.